The summed E-state index contributed by atoms with van der Waals surface area (Å²) < 4.78 is 32.1. The van der Waals surface area contributed by atoms with Crippen molar-refractivity contribution in [1.82, 2.24) is 4.31 Å². The first kappa shape index (κ1) is 16.4. The molecule has 1 heterocycles. The zero-order chi connectivity index (χ0) is 15.6. The third kappa shape index (κ3) is 3.42. The second kappa shape index (κ2) is 6.39. The van der Waals surface area contributed by atoms with Crippen molar-refractivity contribution in [1.29, 1.82) is 0 Å². The van der Waals surface area contributed by atoms with Gasteiger partial charge in [-0.2, -0.15) is 4.31 Å². The number of hydrogen-bond donors (Lipinski definition) is 1. The Morgan fingerprint density at radius 2 is 2.19 bits per heavy atom. The number of nitrogens with two attached hydrogens (primary N) is 1. The Bertz CT molecular complexity index is 644. The van der Waals surface area contributed by atoms with Gasteiger partial charge in [0.2, 0.25) is 10.0 Å². The highest BCUT2D eigenvalue weighted by Crippen LogP contribution is 2.23. The summed E-state index contributed by atoms with van der Waals surface area (Å²) in [7, 11) is -1.89. The summed E-state index contributed by atoms with van der Waals surface area (Å²) in [5.41, 5.74) is 7.08. The SMILES string of the molecule is COC1CCCN(S(=O)(=O)c2ccc(C(N)=S)c(C)c2)C1. The minimum atomic E-state index is -3.50. The Balaban J connectivity index is 2.31. The maximum absolute atomic E-state index is 12.7. The molecule has 1 saturated heterocycles. The molecule has 0 aromatic heterocycles. The molecule has 0 amide bonds. The Labute approximate surface area is 131 Å². The van der Waals surface area contributed by atoms with Crippen LogP contribution in [0.3, 0.4) is 0 Å². The van der Waals surface area contributed by atoms with Crippen molar-refractivity contribution >= 4 is 27.2 Å². The van der Waals surface area contributed by atoms with E-state index in [1.54, 1.807) is 25.3 Å². The van der Waals surface area contributed by atoms with Gasteiger partial charge in [-0.05, 0) is 37.5 Å². The highest BCUT2D eigenvalue weighted by molar-refractivity contribution is 7.89. The first-order valence-corrected chi connectivity index (χ1v) is 8.64. The van der Waals surface area contributed by atoms with E-state index in [9.17, 15) is 8.42 Å². The molecule has 1 aromatic rings. The molecule has 0 spiro atoms. The highest BCUT2D eigenvalue weighted by Gasteiger charge is 2.30. The Hall–Kier alpha value is -1.02. The molecule has 1 aromatic carbocycles. The van der Waals surface area contributed by atoms with Gasteiger partial charge in [0.1, 0.15) is 4.99 Å². The Kier molecular flexibility index (Phi) is 4.98. The van der Waals surface area contributed by atoms with Crippen LogP contribution >= 0.6 is 12.2 Å². The van der Waals surface area contributed by atoms with Crippen molar-refractivity contribution in [3.8, 4) is 0 Å². The summed E-state index contributed by atoms with van der Waals surface area (Å²) in [6.07, 6.45) is 1.66. The van der Waals surface area contributed by atoms with Crippen molar-refractivity contribution in [3.05, 3.63) is 29.3 Å². The topological polar surface area (TPSA) is 72.6 Å². The van der Waals surface area contributed by atoms with Crippen LogP contribution in [0.1, 0.15) is 24.0 Å². The smallest absolute Gasteiger partial charge is 0.243 e. The van der Waals surface area contributed by atoms with Gasteiger partial charge in [0.15, 0.2) is 0 Å². The highest BCUT2D eigenvalue weighted by atomic mass is 32.2. The molecule has 7 heteroatoms. The molecule has 2 rings (SSSR count). The van der Waals surface area contributed by atoms with Gasteiger partial charge in [-0.15, -0.1) is 0 Å². The van der Waals surface area contributed by atoms with E-state index < -0.39 is 10.0 Å². The van der Waals surface area contributed by atoms with Crippen LogP contribution in [0.25, 0.3) is 0 Å². The Morgan fingerprint density at radius 3 is 2.76 bits per heavy atom. The van der Waals surface area contributed by atoms with Gasteiger partial charge in [-0.25, -0.2) is 8.42 Å². The third-order valence-corrected chi connectivity index (χ3v) is 5.86. The maximum Gasteiger partial charge on any atom is 0.243 e. The van der Waals surface area contributed by atoms with Crippen molar-refractivity contribution in [2.75, 3.05) is 20.2 Å². The molecule has 0 radical (unpaired) electrons. The average Bonchev–Trinajstić information content (AvgIpc) is 2.46. The van der Waals surface area contributed by atoms with Crippen LogP contribution in [-0.2, 0) is 14.8 Å². The average molecular weight is 328 g/mol. The number of thiocarbonyl (C=S) groups is 1. The molecule has 5 nitrogen and oxygen atoms in total. The monoisotopic (exact) mass is 328 g/mol. The predicted molar refractivity (Wildman–Crippen MR) is 85.9 cm³/mol. The molecular weight excluding hydrogens is 308 g/mol. The zero-order valence-electron chi connectivity index (χ0n) is 12.2. The fourth-order valence-electron chi connectivity index (χ4n) is 2.54. The van der Waals surface area contributed by atoms with Gasteiger partial charge in [-0.3, -0.25) is 0 Å². The maximum atomic E-state index is 12.7. The minimum Gasteiger partial charge on any atom is -0.389 e. The van der Waals surface area contributed by atoms with E-state index in [-0.39, 0.29) is 16.0 Å². The lowest BCUT2D eigenvalue weighted by Gasteiger charge is -2.31. The van der Waals surface area contributed by atoms with E-state index in [0.717, 1.165) is 18.4 Å². The number of ether oxygens (including phenoxy) is 1. The summed E-state index contributed by atoms with van der Waals surface area (Å²) >= 11 is 4.94. The lowest BCUT2D eigenvalue weighted by Crippen LogP contribution is -2.42. The van der Waals surface area contributed by atoms with Gasteiger partial charge >= 0.3 is 0 Å². The molecule has 2 N–H and O–H groups in total. The summed E-state index contributed by atoms with van der Waals surface area (Å²) in [6, 6.07) is 4.86. The zero-order valence-corrected chi connectivity index (χ0v) is 13.8. The van der Waals surface area contributed by atoms with E-state index >= 15 is 0 Å². The molecule has 1 aliphatic rings. The molecule has 1 atom stereocenters. The van der Waals surface area contributed by atoms with Crippen LogP contribution in [0, 0.1) is 6.92 Å². The normalized spacial score (nSPS) is 20.4. The quantitative estimate of drug-likeness (QED) is 0.847. The Morgan fingerprint density at radius 1 is 1.48 bits per heavy atom. The van der Waals surface area contributed by atoms with Crippen LogP contribution in [0.5, 0.6) is 0 Å². The number of methoxy groups -OCH3 is 1. The van der Waals surface area contributed by atoms with Gasteiger partial charge < -0.3 is 10.5 Å². The molecule has 1 unspecified atom stereocenters. The van der Waals surface area contributed by atoms with Crippen molar-refractivity contribution in [2.45, 2.75) is 30.8 Å². The van der Waals surface area contributed by atoms with E-state index in [1.807, 2.05) is 6.92 Å². The standard InChI is InChI=1S/C14H20N2O3S2/c1-10-8-12(5-6-13(10)14(15)20)21(17,18)16-7-3-4-11(9-16)19-2/h5-6,8,11H,3-4,7,9H2,1-2H3,(H2,15,20). The lowest BCUT2D eigenvalue weighted by atomic mass is 10.1. The van der Waals surface area contributed by atoms with Gasteiger partial charge in [-0.1, -0.05) is 18.3 Å². The van der Waals surface area contributed by atoms with E-state index in [4.69, 9.17) is 22.7 Å². The predicted octanol–water partition coefficient (Wildman–Crippen LogP) is 1.43. The van der Waals surface area contributed by atoms with Crippen LogP contribution in [0.2, 0.25) is 0 Å². The number of rotatable bonds is 4. The van der Waals surface area contributed by atoms with E-state index in [0.29, 0.717) is 18.7 Å². The third-order valence-electron chi connectivity index (χ3n) is 3.78. The number of sulfonamides is 1. The summed E-state index contributed by atoms with van der Waals surface area (Å²) in [5, 5.41) is 0. The number of aryl methyl sites for hydroxylation is 1. The fraction of sp³-hybridized carbons (Fsp3) is 0.500. The minimum absolute atomic E-state index is 0.0366. The lowest BCUT2D eigenvalue weighted by molar-refractivity contribution is 0.0572. The molecule has 1 fully saturated rings. The van der Waals surface area contributed by atoms with Crippen LogP contribution < -0.4 is 5.73 Å². The summed E-state index contributed by atoms with van der Waals surface area (Å²) in [6.45, 7) is 2.73. The first-order valence-electron chi connectivity index (χ1n) is 6.79. The summed E-state index contributed by atoms with van der Waals surface area (Å²) in [4.78, 5) is 0.547. The second-order valence-corrected chi connectivity index (χ2v) is 7.58. The number of benzene rings is 1. The second-order valence-electron chi connectivity index (χ2n) is 5.20. The van der Waals surface area contributed by atoms with E-state index in [1.165, 1.54) is 4.31 Å². The molecule has 0 saturated carbocycles. The first-order chi connectivity index (χ1) is 9.86. The molecule has 1 aliphatic heterocycles. The van der Waals surface area contributed by atoms with E-state index in [2.05, 4.69) is 0 Å². The largest absolute Gasteiger partial charge is 0.389 e. The number of piperidine rings is 1. The van der Waals surface area contributed by atoms with Gasteiger partial charge in [0.05, 0.1) is 11.0 Å². The molecule has 116 valence electrons. The van der Waals surface area contributed by atoms with Crippen LogP contribution in [0.4, 0.5) is 0 Å². The number of hydrogen-bond acceptors (Lipinski definition) is 4. The van der Waals surface area contributed by atoms with Gasteiger partial charge in [0.25, 0.3) is 0 Å². The van der Waals surface area contributed by atoms with Crippen LogP contribution in [-0.4, -0.2) is 44.0 Å². The van der Waals surface area contributed by atoms with Crippen molar-refractivity contribution in [3.63, 3.8) is 0 Å². The molecule has 0 aliphatic carbocycles. The molecule has 0 bridgehead atoms. The fourth-order valence-corrected chi connectivity index (χ4v) is 4.36. The van der Waals surface area contributed by atoms with Crippen LogP contribution in [0.15, 0.2) is 23.1 Å². The van der Waals surface area contributed by atoms with Crippen molar-refractivity contribution < 1.29 is 13.2 Å². The summed E-state index contributed by atoms with van der Waals surface area (Å²) in [5.74, 6) is 0. The van der Waals surface area contributed by atoms with Gasteiger partial charge in [0, 0.05) is 25.8 Å². The molecular formula is C14H20N2O3S2. The molecule has 21 heavy (non-hydrogen) atoms. The van der Waals surface area contributed by atoms with Crippen molar-refractivity contribution in [2.24, 2.45) is 5.73 Å². The number of nitrogens with zero attached hydrogens (tertiary/aromatic N) is 1.